The zero-order chi connectivity index (χ0) is 30.3. The molecule has 0 atom stereocenters. The largest absolute Gasteiger partial charge is 0.399 e. The Bertz CT molecular complexity index is 1150. The van der Waals surface area contributed by atoms with Crippen LogP contribution in [-0.2, 0) is 65.4 Å². The molecule has 154 valence electrons. The predicted molar refractivity (Wildman–Crippen MR) is 112 cm³/mol. The van der Waals surface area contributed by atoms with Gasteiger partial charge in [-0.2, -0.15) is 0 Å². The molecule has 0 aromatic heterocycles. The van der Waals surface area contributed by atoms with Gasteiger partial charge in [0.25, 0.3) is 0 Å². The van der Waals surface area contributed by atoms with Crippen LogP contribution >= 0.6 is 0 Å². The number of nitrogens with zero attached hydrogens (tertiary/aromatic N) is 2. The SMILES string of the molecule is [2H]C([2H])([2H])N(CCNc1cc[c-]c2c1C(=O)c1[c-]ccc(NCCN(C([2H])([2H])[2H])C([2H])([2H])[2H])c1C2=O)C([2H])([2H])[2H].[Y].[Y]. The topological polar surface area (TPSA) is 64.7 Å². The van der Waals surface area contributed by atoms with Gasteiger partial charge < -0.3 is 30.0 Å². The second-order valence-electron chi connectivity index (χ2n) is 6.10. The monoisotopic (exact) mass is 568 g/mol. The molecule has 2 aromatic rings. The quantitative estimate of drug-likeness (QED) is 0.406. The van der Waals surface area contributed by atoms with Crippen molar-refractivity contribution in [2.24, 2.45) is 0 Å². The minimum absolute atomic E-state index is 0. The van der Waals surface area contributed by atoms with E-state index in [0.29, 0.717) is 9.80 Å². The number of fused-ring (bicyclic) bond motifs is 2. The van der Waals surface area contributed by atoms with Crippen LogP contribution in [0.5, 0.6) is 0 Å². The molecule has 0 bridgehead atoms. The second kappa shape index (κ2) is 12.5. The van der Waals surface area contributed by atoms with E-state index in [4.69, 9.17) is 16.4 Å². The van der Waals surface area contributed by atoms with Gasteiger partial charge in [0.1, 0.15) is 0 Å². The van der Waals surface area contributed by atoms with Crippen LogP contribution in [0, 0.1) is 12.1 Å². The summed E-state index contributed by atoms with van der Waals surface area (Å²) in [4.78, 5) is 27.7. The van der Waals surface area contributed by atoms with Gasteiger partial charge in [0.05, 0.1) is 11.6 Å². The normalized spacial score (nSPS) is 19.7. The number of nitrogens with one attached hydrogen (secondary N) is 2. The smallest absolute Gasteiger partial charge is 0.0684 e. The van der Waals surface area contributed by atoms with Gasteiger partial charge in [-0.05, 0) is 39.3 Å². The summed E-state index contributed by atoms with van der Waals surface area (Å²) in [6.45, 7) is -12.7. The summed E-state index contributed by atoms with van der Waals surface area (Å²) in [6.07, 6.45) is 0. The summed E-state index contributed by atoms with van der Waals surface area (Å²) in [5.41, 5.74) is 0.0935. The summed E-state index contributed by atoms with van der Waals surface area (Å²) in [5, 5.41) is 5.69. The maximum absolute atomic E-state index is 13.5. The number of carbonyl (C=O) groups excluding carboxylic acids is 2. The van der Waals surface area contributed by atoms with Crippen LogP contribution in [-0.4, -0.2) is 75.4 Å². The van der Waals surface area contributed by atoms with E-state index in [-0.39, 0.29) is 112 Å². The minimum atomic E-state index is -2.88. The van der Waals surface area contributed by atoms with Gasteiger partial charge in [0, 0.05) is 108 Å². The fourth-order valence-corrected chi connectivity index (χ4v) is 2.98. The van der Waals surface area contributed by atoms with E-state index < -0.39 is 52.6 Å². The number of rotatable bonds is 8. The zero-order valence-corrected chi connectivity index (χ0v) is 21.7. The summed E-state index contributed by atoms with van der Waals surface area (Å²) >= 11 is 0. The molecule has 2 aromatic carbocycles. The molecule has 0 saturated heterocycles. The first-order valence-corrected chi connectivity index (χ1v) is 8.46. The third-order valence-electron chi connectivity index (χ3n) is 4.20. The van der Waals surface area contributed by atoms with Gasteiger partial charge in [-0.15, -0.1) is 47.5 Å². The molecule has 1 aliphatic carbocycles. The number of hydrogen-bond acceptors (Lipinski definition) is 6. The van der Waals surface area contributed by atoms with Gasteiger partial charge in [0.15, 0.2) is 0 Å². The summed E-state index contributed by atoms with van der Waals surface area (Å²) in [5.74, 6) is -1.19. The van der Waals surface area contributed by atoms with Crippen LogP contribution in [0.25, 0.3) is 0 Å². The van der Waals surface area contributed by atoms with Crippen LogP contribution in [0.15, 0.2) is 24.3 Å². The maximum atomic E-state index is 13.5. The summed E-state index contributed by atoms with van der Waals surface area (Å²) < 4.78 is 89.6. The first kappa shape index (κ1) is 13.9. The van der Waals surface area contributed by atoms with Crippen LogP contribution in [0.4, 0.5) is 11.4 Å². The van der Waals surface area contributed by atoms with Crippen molar-refractivity contribution < 1.29 is 91.5 Å². The van der Waals surface area contributed by atoms with E-state index in [1.165, 1.54) is 24.3 Å². The van der Waals surface area contributed by atoms with Crippen molar-refractivity contribution >= 4 is 22.9 Å². The van der Waals surface area contributed by atoms with Gasteiger partial charge in [-0.3, -0.25) is 0 Å². The molecule has 0 spiro atoms. The molecule has 0 saturated carbocycles. The molecule has 30 heavy (non-hydrogen) atoms. The maximum Gasteiger partial charge on any atom is 0.0684 e. The Kier molecular flexibility index (Phi) is 5.81. The minimum Gasteiger partial charge on any atom is -0.399 e. The first-order chi connectivity index (χ1) is 18.2. The average Bonchev–Trinajstić information content (AvgIpc) is 2.79. The standard InChI is InChI=1S/C22H26N4O2.2Y/c1-25(2)13-11-23-17-9-5-7-15-19(17)21(27)16-8-6-10-18(20(16)22(15)28)24-12-14-26(3)4;;/h5-6,9-10,23-24H,11-14H2,1-4H3;;/q-2;;/i1D3,2D3,3D3,4D3;;. The molecule has 0 aliphatic heterocycles. The summed E-state index contributed by atoms with van der Waals surface area (Å²) in [6, 6.07) is 11.1. The molecular weight excluding hydrogens is 530 g/mol. The Labute approximate surface area is 246 Å². The van der Waals surface area contributed by atoms with E-state index in [2.05, 4.69) is 22.8 Å². The van der Waals surface area contributed by atoms with Gasteiger partial charge in [-0.25, -0.2) is 0 Å². The first-order valence-electron chi connectivity index (χ1n) is 14.5. The van der Waals surface area contributed by atoms with Crippen LogP contribution < -0.4 is 10.6 Å². The van der Waals surface area contributed by atoms with Crippen molar-refractivity contribution in [3.63, 3.8) is 0 Å². The average molecular weight is 568 g/mol. The van der Waals surface area contributed by atoms with Crippen molar-refractivity contribution in [1.82, 2.24) is 9.80 Å². The molecule has 0 unspecified atom stereocenters. The van der Waals surface area contributed by atoms with E-state index in [1.54, 1.807) is 0 Å². The van der Waals surface area contributed by atoms with Crippen LogP contribution in [0.2, 0.25) is 0 Å². The van der Waals surface area contributed by atoms with E-state index in [0.717, 1.165) is 0 Å². The van der Waals surface area contributed by atoms with E-state index >= 15 is 0 Å². The molecule has 0 heterocycles. The third-order valence-corrected chi connectivity index (χ3v) is 4.20. The van der Waals surface area contributed by atoms with Crippen LogP contribution in [0.1, 0.15) is 48.3 Å². The van der Waals surface area contributed by atoms with Crippen LogP contribution in [0.3, 0.4) is 0 Å². The third kappa shape index (κ3) is 6.27. The molecular formula is C22H26N4O2Y2-2. The Balaban J connectivity index is 0.00000441. The summed E-state index contributed by atoms with van der Waals surface area (Å²) in [7, 11) is 0. The zero-order valence-electron chi connectivity index (χ0n) is 28.0. The Morgan fingerprint density at radius 2 is 1.20 bits per heavy atom. The molecule has 3 rings (SSSR count). The number of ketones is 2. The van der Waals surface area contributed by atoms with Crippen molar-refractivity contribution in [2.45, 2.75) is 0 Å². The molecule has 2 N–H and O–H groups in total. The Morgan fingerprint density at radius 3 is 1.57 bits per heavy atom. The van der Waals surface area contributed by atoms with E-state index in [9.17, 15) is 9.59 Å². The second-order valence-corrected chi connectivity index (χ2v) is 6.10. The van der Waals surface area contributed by atoms with Crippen molar-refractivity contribution in [2.75, 3.05) is 64.7 Å². The number of carbonyl (C=O) groups is 2. The molecule has 0 fully saturated rings. The van der Waals surface area contributed by atoms with Crippen molar-refractivity contribution in [3.05, 3.63) is 58.7 Å². The molecule has 1 aliphatic rings. The van der Waals surface area contributed by atoms with Gasteiger partial charge in [-0.1, -0.05) is 11.1 Å². The number of anilines is 2. The Morgan fingerprint density at radius 1 is 0.800 bits per heavy atom. The fourth-order valence-electron chi connectivity index (χ4n) is 2.98. The molecule has 2 radical (unpaired) electrons. The van der Waals surface area contributed by atoms with Crippen molar-refractivity contribution in [1.29, 1.82) is 0 Å². The number of benzene rings is 2. The number of hydrogen-bond donors (Lipinski definition) is 2. The number of likely N-dealkylation sites (N-methyl/N-ethyl adjacent to an activating group) is 2. The predicted octanol–water partition coefficient (Wildman–Crippen LogP) is 2.00. The Hall–Kier alpha value is -0.492. The van der Waals surface area contributed by atoms with Crippen molar-refractivity contribution in [3.8, 4) is 0 Å². The van der Waals surface area contributed by atoms with E-state index in [1.807, 2.05) is 0 Å². The molecule has 8 heteroatoms. The fraction of sp³-hybridized carbons (Fsp3) is 0.364. The van der Waals surface area contributed by atoms with Gasteiger partial charge in [0.2, 0.25) is 0 Å². The molecule has 6 nitrogen and oxygen atoms in total. The molecule has 0 amide bonds. The van der Waals surface area contributed by atoms with Gasteiger partial charge >= 0.3 is 0 Å².